The Kier molecular flexibility index (Phi) is 2.70. The van der Waals surface area contributed by atoms with E-state index in [-0.39, 0.29) is 0 Å². The fourth-order valence-corrected chi connectivity index (χ4v) is 3.44. The summed E-state index contributed by atoms with van der Waals surface area (Å²) in [7, 11) is 0. The molecule has 1 aromatic rings. The summed E-state index contributed by atoms with van der Waals surface area (Å²) in [5, 5.41) is 0. The maximum Gasteiger partial charge on any atom is 0.0233 e. The van der Waals surface area contributed by atoms with Crippen LogP contribution in [0.25, 0.3) is 0 Å². The molecule has 0 radical (unpaired) electrons. The third-order valence-electron chi connectivity index (χ3n) is 4.32. The molecule has 1 unspecified atom stereocenters. The minimum absolute atomic E-state index is 0.826. The number of benzene rings is 1. The fourth-order valence-electron chi connectivity index (χ4n) is 3.44. The number of piperidine rings is 2. The standard InChI is InChI=1S/C14H20N2/c15-7-14-12-6-13(14)10-16(9-12)8-11-4-2-1-3-5-11/h1-5,12-14H,6-10,15H2/t12-,13+,14?. The summed E-state index contributed by atoms with van der Waals surface area (Å²) in [5.74, 6) is 2.59. The van der Waals surface area contributed by atoms with Gasteiger partial charge in [0, 0.05) is 19.6 Å². The second-order valence-electron chi connectivity index (χ2n) is 5.34. The van der Waals surface area contributed by atoms with Crippen molar-refractivity contribution in [1.29, 1.82) is 0 Å². The number of rotatable bonds is 3. The Labute approximate surface area is 97.4 Å². The monoisotopic (exact) mass is 216 g/mol. The molecule has 86 valence electrons. The lowest BCUT2D eigenvalue weighted by molar-refractivity contribution is -0.0414. The summed E-state index contributed by atoms with van der Waals surface area (Å²) in [6.45, 7) is 4.53. The van der Waals surface area contributed by atoms with Crippen LogP contribution >= 0.6 is 0 Å². The Hall–Kier alpha value is -0.860. The second kappa shape index (κ2) is 4.19. The number of fused-ring (bicyclic) bond motifs is 2. The Balaban J connectivity index is 1.59. The van der Waals surface area contributed by atoms with Crippen LogP contribution in [0, 0.1) is 17.8 Å². The van der Waals surface area contributed by atoms with Crippen LogP contribution in [-0.4, -0.2) is 24.5 Å². The van der Waals surface area contributed by atoms with Crippen LogP contribution in [0.1, 0.15) is 12.0 Å². The lowest BCUT2D eigenvalue weighted by atomic mass is 9.61. The van der Waals surface area contributed by atoms with E-state index in [9.17, 15) is 0 Å². The van der Waals surface area contributed by atoms with Crippen LogP contribution in [0.4, 0.5) is 0 Å². The Morgan fingerprint density at radius 3 is 2.44 bits per heavy atom. The van der Waals surface area contributed by atoms with E-state index in [0.29, 0.717) is 0 Å². The van der Waals surface area contributed by atoms with Crippen molar-refractivity contribution in [3.05, 3.63) is 35.9 Å². The van der Waals surface area contributed by atoms with Gasteiger partial charge in [-0.15, -0.1) is 0 Å². The summed E-state index contributed by atoms with van der Waals surface area (Å²) in [5.41, 5.74) is 7.24. The second-order valence-corrected chi connectivity index (χ2v) is 5.34. The lowest BCUT2D eigenvalue weighted by Gasteiger charge is -2.53. The van der Waals surface area contributed by atoms with Crippen molar-refractivity contribution in [2.75, 3.05) is 19.6 Å². The molecule has 2 nitrogen and oxygen atoms in total. The van der Waals surface area contributed by atoms with E-state index in [2.05, 4.69) is 35.2 Å². The van der Waals surface area contributed by atoms with E-state index in [0.717, 1.165) is 30.8 Å². The molecule has 2 N–H and O–H groups in total. The van der Waals surface area contributed by atoms with Crippen molar-refractivity contribution in [2.24, 2.45) is 23.5 Å². The first kappa shape index (κ1) is 10.3. The molecule has 2 heterocycles. The van der Waals surface area contributed by atoms with Crippen LogP contribution in [0.3, 0.4) is 0 Å². The van der Waals surface area contributed by atoms with E-state index in [1.165, 1.54) is 25.1 Å². The highest BCUT2D eigenvalue weighted by molar-refractivity contribution is 5.15. The highest BCUT2D eigenvalue weighted by Gasteiger charge is 2.45. The van der Waals surface area contributed by atoms with Gasteiger partial charge in [0.15, 0.2) is 0 Å². The summed E-state index contributed by atoms with van der Waals surface area (Å²) in [6, 6.07) is 10.8. The van der Waals surface area contributed by atoms with Gasteiger partial charge in [0.2, 0.25) is 0 Å². The van der Waals surface area contributed by atoms with Crippen LogP contribution in [0.15, 0.2) is 30.3 Å². The number of hydrogen-bond acceptors (Lipinski definition) is 2. The lowest BCUT2D eigenvalue weighted by Crippen LogP contribution is -2.56. The first-order valence-electron chi connectivity index (χ1n) is 6.33. The predicted molar refractivity (Wildman–Crippen MR) is 65.9 cm³/mol. The molecule has 2 heteroatoms. The molecule has 2 saturated heterocycles. The van der Waals surface area contributed by atoms with Crippen molar-refractivity contribution in [1.82, 2.24) is 4.90 Å². The molecule has 4 rings (SSSR count). The SMILES string of the molecule is NCC1[C@@H]2C[C@H]1CN(Cc1ccccc1)C2. The highest BCUT2D eigenvalue weighted by Crippen LogP contribution is 2.44. The van der Waals surface area contributed by atoms with Crippen molar-refractivity contribution in [3.8, 4) is 0 Å². The average molecular weight is 216 g/mol. The average Bonchev–Trinajstić information content (AvgIpc) is 2.31. The van der Waals surface area contributed by atoms with Gasteiger partial charge in [-0.05, 0) is 36.3 Å². The zero-order valence-corrected chi connectivity index (χ0v) is 9.68. The zero-order valence-electron chi connectivity index (χ0n) is 9.68. The smallest absolute Gasteiger partial charge is 0.0233 e. The molecule has 2 aliphatic heterocycles. The summed E-state index contributed by atoms with van der Waals surface area (Å²) < 4.78 is 0. The van der Waals surface area contributed by atoms with Crippen molar-refractivity contribution >= 4 is 0 Å². The van der Waals surface area contributed by atoms with E-state index in [1.807, 2.05) is 0 Å². The number of hydrogen-bond donors (Lipinski definition) is 1. The molecule has 2 bridgehead atoms. The molecule has 1 aliphatic carbocycles. The van der Waals surface area contributed by atoms with Crippen molar-refractivity contribution in [3.63, 3.8) is 0 Å². The van der Waals surface area contributed by atoms with E-state index in [4.69, 9.17) is 5.73 Å². The Morgan fingerprint density at radius 1 is 1.12 bits per heavy atom. The summed E-state index contributed by atoms with van der Waals surface area (Å²) in [4.78, 5) is 2.60. The zero-order chi connectivity index (χ0) is 11.0. The molecule has 0 amide bonds. The quantitative estimate of drug-likeness (QED) is 0.833. The minimum Gasteiger partial charge on any atom is -0.330 e. The molecule has 3 fully saturated rings. The van der Waals surface area contributed by atoms with Gasteiger partial charge in [-0.2, -0.15) is 0 Å². The molecule has 1 saturated carbocycles. The fraction of sp³-hybridized carbons (Fsp3) is 0.571. The maximum atomic E-state index is 5.80. The van der Waals surface area contributed by atoms with Gasteiger partial charge in [-0.25, -0.2) is 0 Å². The molecule has 3 aliphatic rings. The van der Waals surface area contributed by atoms with Crippen molar-refractivity contribution < 1.29 is 0 Å². The Bertz CT molecular complexity index is 337. The summed E-state index contributed by atoms with van der Waals surface area (Å²) >= 11 is 0. The normalized spacial score (nSPS) is 33.4. The van der Waals surface area contributed by atoms with Crippen LogP contribution in [0.5, 0.6) is 0 Å². The minimum atomic E-state index is 0.826. The number of nitrogens with two attached hydrogens (primary N) is 1. The first-order valence-corrected chi connectivity index (χ1v) is 6.33. The van der Waals surface area contributed by atoms with Gasteiger partial charge < -0.3 is 5.73 Å². The van der Waals surface area contributed by atoms with Crippen molar-refractivity contribution in [2.45, 2.75) is 13.0 Å². The van der Waals surface area contributed by atoms with E-state index in [1.54, 1.807) is 0 Å². The van der Waals surface area contributed by atoms with Crippen LogP contribution in [-0.2, 0) is 6.54 Å². The molecular weight excluding hydrogens is 196 g/mol. The van der Waals surface area contributed by atoms with E-state index < -0.39 is 0 Å². The third kappa shape index (κ3) is 1.76. The van der Waals surface area contributed by atoms with Gasteiger partial charge in [-0.1, -0.05) is 30.3 Å². The topological polar surface area (TPSA) is 29.3 Å². The largest absolute Gasteiger partial charge is 0.330 e. The molecule has 0 spiro atoms. The third-order valence-corrected chi connectivity index (χ3v) is 4.32. The predicted octanol–water partition coefficient (Wildman–Crippen LogP) is 1.71. The Morgan fingerprint density at radius 2 is 1.81 bits per heavy atom. The van der Waals surface area contributed by atoms with Gasteiger partial charge in [-0.3, -0.25) is 4.90 Å². The molecule has 1 aromatic carbocycles. The molecular formula is C14H20N2. The summed E-state index contributed by atoms with van der Waals surface area (Å²) in [6.07, 6.45) is 1.42. The van der Waals surface area contributed by atoms with E-state index >= 15 is 0 Å². The van der Waals surface area contributed by atoms with Gasteiger partial charge in [0.05, 0.1) is 0 Å². The molecule has 0 aromatic heterocycles. The number of nitrogens with zero attached hydrogens (tertiary/aromatic N) is 1. The van der Waals surface area contributed by atoms with Gasteiger partial charge >= 0.3 is 0 Å². The van der Waals surface area contributed by atoms with Crippen LogP contribution < -0.4 is 5.73 Å². The molecule has 16 heavy (non-hydrogen) atoms. The highest BCUT2D eigenvalue weighted by atomic mass is 15.2. The first-order chi connectivity index (χ1) is 7.86. The maximum absolute atomic E-state index is 5.80. The molecule has 3 atom stereocenters. The van der Waals surface area contributed by atoms with Gasteiger partial charge in [0.25, 0.3) is 0 Å². The van der Waals surface area contributed by atoms with Gasteiger partial charge in [0.1, 0.15) is 0 Å². The van der Waals surface area contributed by atoms with Crippen LogP contribution in [0.2, 0.25) is 0 Å².